The minimum absolute atomic E-state index is 0.0940. The van der Waals surface area contributed by atoms with Gasteiger partial charge in [0.25, 0.3) is 5.91 Å². The lowest BCUT2D eigenvalue weighted by atomic mass is 9.89. The SMILES string of the molecule is Cn1c(=O)n(C2CCC(=O)NC2=O)c2ccc(C3CCN(CCn4cc(-c5ccc6c(F)c(N7CC(=O)NS7(=O)=O)c(O)cc6c5)cn4)CC3)cc21. The average Bonchev–Trinajstić information content (AvgIpc) is 3.77. The summed E-state index contributed by atoms with van der Waals surface area (Å²) in [6, 6.07) is 11.4. The van der Waals surface area contributed by atoms with Gasteiger partial charge in [-0.25, -0.2) is 18.2 Å². The molecule has 8 rings (SSSR count). The molecule has 5 aromatic rings. The molecule has 2 aromatic heterocycles. The van der Waals surface area contributed by atoms with Gasteiger partial charge in [0.05, 0.1) is 23.8 Å². The number of hydrogen-bond donors (Lipinski definition) is 3. The number of phenolic OH excluding ortho intramolecular Hbond substituents is 1. The second-order valence-corrected chi connectivity index (χ2v) is 15.2. The summed E-state index contributed by atoms with van der Waals surface area (Å²) in [7, 11) is -2.60. The Bertz CT molecular complexity index is 2480. The van der Waals surface area contributed by atoms with Crippen molar-refractivity contribution in [1.29, 1.82) is 0 Å². The number of phenols is 1. The van der Waals surface area contributed by atoms with Crippen LogP contribution in [0.4, 0.5) is 10.1 Å². The molecule has 0 aliphatic carbocycles. The van der Waals surface area contributed by atoms with Gasteiger partial charge in [-0.15, -0.1) is 0 Å². The van der Waals surface area contributed by atoms with Crippen LogP contribution in [-0.4, -0.2) is 81.2 Å². The van der Waals surface area contributed by atoms with Crippen LogP contribution in [-0.2, 0) is 38.2 Å². The maximum atomic E-state index is 15.5. The fourth-order valence-corrected chi connectivity index (χ4v) is 8.80. The Kier molecular flexibility index (Phi) is 8.13. The van der Waals surface area contributed by atoms with Gasteiger partial charge in [-0.3, -0.25) is 33.5 Å². The maximum absolute atomic E-state index is 15.5. The van der Waals surface area contributed by atoms with Crippen molar-refractivity contribution in [2.24, 2.45) is 7.05 Å². The molecule has 0 bridgehead atoms. The number of piperidine rings is 2. The van der Waals surface area contributed by atoms with Gasteiger partial charge in [0.15, 0.2) is 5.82 Å². The first kappa shape index (κ1) is 33.6. The number of halogens is 1. The van der Waals surface area contributed by atoms with Crippen LogP contribution in [0.5, 0.6) is 5.75 Å². The molecule has 17 heteroatoms. The first-order valence-electron chi connectivity index (χ1n) is 17.0. The van der Waals surface area contributed by atoms with E-state index in [1.807, 2.05) is 29.1 Å². The van der Waals surface area contributed by atoms with Crippen molar-refractivity contribution >= 4 is 55.4 Å². The number of rotatable bonds is 7. The minimum Gasteiger partial charge on any atom is -0.506 e. The number of anilines is 1. The lowest BCUT2D eigenvalue weighted by Gasteiger charge is -2.32. The first-order chi connectivity index (χ1) is 24.9. The van der Waals surface area contributed by atoms with E-state index in [9.17, 15) is 32.7 Å². The third-order valence-corrected chi connectivity index (χ3v) is 11.8. The number of amides is 3. The molecule has 3 aliphatic rings. The Morgan fingerprint density at radius 1 is 0.942 bits per heavy atom. The van der Waals surface area contributed by atoms with Crippen LogP contribution in [0.15, 0.2) is 59.7 Å². The van der Waals surface area contributed by atoms with Gasteiger partial charge < -0.3 is 10.0 Å². The largest absolute Gasteiger partial charge is 0.506 e. The summed E-state index contributed by atoms with van der Waals surface area (Å²) < 4.78 is 47.3. The Labute approximate surface area is 296 Å². The Morgan fingerprint density at radius 2 is 1.73 bits per heavy atom. The summed E-state index contributed by atoms with van der Waals surface area (Å²) >= 11 is 0. The normalized spacial score (nSPS) is 19.8. The predicted octanol–water partition coefficient (Wildman–Crippen LogP) is 2.24. The number of imide groups is 1. The van der Waals surface area contributed by atoms with Gasteiger partial charge in [-0.05, 0) is 79.0 Å². The van der Waals surface area contributed by atoms with Crippen LogP contribution < -0.4 is 20.0 Å². The van der Waals surface area contributed by atoms with Crippen LogP contribution in [0, 0.1) is 5.82 Å². The zero-order chi connectivity index (χ0) is 36.5. The molecule has 52 heavy (non-hydrogen) atoms. The van der Waals surface area contributed by atoms with Crippen molar-refractivity contribution in [3.05, 3.63) is 76.7 Å². The zero-order valence-corrected chi connectivity index (χ0v) is 28.9. The quantitative estimate of drug-likeness (QED) is 0.212. The predicted molar refractivity (Wildman–Crippen MR) is 188 cm³/mol. The van der Waals surface area contributed by atoms with Gasteiger partial charge in [-0.2, -0.15) is 13.5 Å². The first-order valence-corrected chi connectivity index (χ1v) is 18.4. The summed E-state index contributed by atoms with van der Waals surface area (Å²) in [4.78, 5) is 51.4. The van der Waals surface area contributed by atoms with Crippen molar-refractivity contribution in [2.75, 3.05) is 30.5 Å². The summed E-state index contributed by atoms with van der Waals surface area (Å²) in [6.45, 7) is 2.58. The van der Waals surface area contributed by atoms with Crippen LogP contribution in [0.25, 0.3) is 32.9 Å². The molecule has 0 saturated carbocycles. The highest BCUT2D eigenvalue weighted by Crippen LogP contribution is 2.39. The zero-order valence-electron chi connectivity index (χ0n) is 28.1. The average molecular weight is 731 g/mol. The highest BCUT2D eigenvalue weighted by atomic mass is 32.2. The Balaban J connectivity index is 0.908. The number of likely N-dealkylation sites (tertiary alicyclic amines) is 1. The second-order valence-electron chi connectivity index (χ2n) is 13.6. The number of fused-ring (bicyclic) bond motifs is 2. The lowest BCUT2D eigenvalue weighted by molar-refractivity contribution is -0.135. The fraction of sp³-hybridized carbons (Fsp3) is 0.343. The highest BCUT2D eigenvalue weighted by Gasteiger charge is 2.38. The number of carbonyl (C=O) groups excluding carboxylic acids is 3. The Hall–Kier alpha value is -5.55. The van der Waals surface area contributed by atoms with E-state index in [0.29, 0.717) is 34.1 Å². The molecule has 3 N–H and O–H groups in total. The molecule has 3 amide bonds. The molecule has 5 heterocycles. The standard InChI is InChI=1S/C35H35FN8O7S/c1-40-28-15-22(3-5-26(28)44(35(40)49)27-6-7-30(46)38-34(27)48)20-8-10-41(11-9-20)12-13-42-18-24(17-37-42)21-2-4-25-23(14-21)16-29(45)33(32(25)36)43-19-31(47)39-52(43,50)51/h2-5,14-18,20,27,45H,6-13,19H2,1H3,(H,39,47)(H,38,46,48). The number of nitrogens with one attached hydrogen (secondary N) is 2. The van der Waals surface area contributed by atoms with Crippen molar-refractivity contribution in [3.63, 3.8) is 0 Å². The van der Waals surface area contributed by atoms with E-state index in [-0.39, 0.29) is 23.4 Å². The molecular weight excluding hydrogens is 695 g/mol. The van der Waals surface area contributed by atoms with Crippen LogP contribution in [0.2, 0.25) is 0 Å². The number of nitrogens with zero attached hydrogens (tertiary/aromatic N) is 6. The van der Waals surface area contributed by atoms with Crippen LogP contribution >= 0.6 is 0 Å². The van der Waals surface area contributed by atoms with E-state index in [4.69, 9.17) is 0 Å². The molecule has 0 spiro atoms. The van der Waals surface area contributed by atoms with E-state index in [0.717, 1.165) is 54.7 Å². The van der Waals surface area contributed by atoms with Gasteiger partial charge in [0.1, 0.15) is 24.0 Å². The van der Waals surface area contributed by atoms with E-state index < -0.39 is 51.9 Å². The Morgan fingerprint density at radius 3 is 2.46 bits per heavy atom. The minimum atomic E-state index is -4.31. The fourth-order valence-electron chi connectivity index (χ4n) is 7.63. The summed E-state index contributed by atoms with van der Waals surface area (Å²) in [6.07, 6.45) is 5.98. The van der Waals surface area contributed by atoms with E-state index in [1.165, 1.54) is 16.7 Å². The van der Waals surface area contributed by atoms with Gasteiger partial charge in [0.2, 0.25) is 11.8 Å². The van der Waals surface area contributed by atoms with E-state index in [2.05, 4.69) is 15.3 Å². The number of aromatic nitrogens is 4. The van der Waals surface area contributed by atoms with Crippen molar-refractivity contribution in [3.8, 4) is 16.9 Å². The molecule has 15 nitrogen and oxygen atoms in total. The summed E-state index contributed by atoms with van der Waals surface area (Å²) in [5.74, 6) is -2.82. The number of aryl methyl sites for hydroxylation is 1. The molecule has 3 aromatic carbocycles. The lowest BCUT2D eigenvalue weighted by Crippen LogP contribution is -2.44. The van der Waals surface area contributed by atoms with E-state index in [1.54, 1.807) is 34.7 Å². The molecule has 1 atom stereocenters. The number of imidazole rings is 1. The monoisotopic (exact) mass is 730 g/mol. The third-order valence-electron chi connectivity index (χ3n) is 10.4. The molecule has 3 saturated heterocycles. The van der Waals surface area contributed by atoms with Gasteiger partial charge in [0, 0.05) is 37.2 Å². The molecule has 3 aliphatic heterocycles. The number of benzene rings is 3. The molecule has 3 fully saturated rings. The van der Waals surface area contributed by atoms with Crippen molar-refractivity contribution < 1.29 is 32.3 Å². The summed E-state index contributed by atoms with van der Waals surface area (Å²) in [5, 5.41) is 17.9. The van der Waals surface area contributed by atoms with Gasteiger partial charge in [-0.1, -0.05) is 18.2 Å². The highest BCUT2D eigenvalue weighted by molar-refractivity contribution is 7.92. The van der Waals surface area contributed by atoms with Crippen LogP contribution in [0.1, 0.15) is 43.2 Å². The number of hydrogen-bond acceptors (Lipinski definition) is 9. The molecule has 270 valence electrons. The van der Waals surface area contributed by atoms with Crippen LogP contribution in [0.3, 0.4) is 0 Å². The number of aromatic hydroxyl groups is 1. The smallest absolute Gasteiger partial charge is 0.329 e. The summed E-state index contributed by atoms with van der Waals surface area (Å²) in [5.41, 5.74) is 3.25. The van der Waals surface area contributed by atoms with Crippen molar-refractivity contribution in [1.82, 2.24) is 33.9 Å². The molecule has 1 unspecified atom stereocenters. The molecular formula is C35H35FN8O7S. The van der Waals surface area contributed by atoms with E-state index >= 15 is 4.39 Å². The second kappa shape index (κ2) is 12.6. The third kappa shape index (κ3) is 5.78. The topological polar surface area (TPSA) is 181 Å². The number of carbonyl (C=O) groups is 3. The van der Waals surface area contributed by atoms with Gasteiger partial charge >= 0.3 is 15.9 Å². The maximum Gasteiger partial charge on any atom is 0.329 e. The molecule has 0 radical (unpaired) electrons. The van der Waals surface area contributed by atoms with Crippen molar-refractivity contribution in [2.45, 2.75) is 44.2 Å².